The first-order valence-corrected chi connectivity index (χ1v) is 7.49. The van der Waals surface area contributed by atoms with Crippen LogP contribution in [0.25, 0.3) is 11.6 Å². The fraction of sp³-hybridized carbons (Fsp3) is 0.211. The van der Waals surface area contributed by atoms with Gasteiger partial charge in [0.1, 0.15) is 5.75 Å². The second-order valence-corrected chi connectivity index (χ2v) is 5.76. The molecule has 23 heavy (non-hydrogen) atoms. The predicted molar refractivity (Wildman–Crippen MR) is 93.1 cm³/mol. The van der Waals surface area contributed by atoms with Crippen molar-refractivity contribution < 1.29 is 14.6 Å². The van der Waals surface area contributed by atoms with Gasteiger partial charge < -0.3 is 15.6 Å². The van der Waals surface area contributed by atoms with Crippen LogP contribution >= 0.6 is 0 Å². The first kappa shape index (κ1) is 16.6. The van der Waals surface area contributed by atoms with Crippen molar-refractivity contribution in [1.82, 2.24) is 0 Å². The molecule has 0 aliphatic carbocycles. The van der Waals surface area contributed by atoms with Crippen molar-refractivity contribution in [2.75, 3.05) is 12.3 Å². The number of nitrogen functional groups attached to an aromatic ring is 1. The van der Waals surface area contributed by atoms with Gasteiger partial charge in [-0.2, -0.15) is 0 Å². The largest absolute Gasteiger partial charge is 0.493 e. The molecule has 0 radical (unpaired) electrons. The number of ether oxygens (including phenoxy) is 1. The smallest absolute Gasteiger partial charge is 0.336 e. The summed E-state index contributed by atoms with van der Waals surface area (Å²) in [5, 5.41) is 9.47. The lowest BCUT2D eigenvalue weighted by atomic mass is 10.0. The number of hydrogen-bond acceptors (Lipinski definition) is 3. The zero-order valence-corrected chi connectivity index (χ0v) is 13.3. The Morgan fingerprint density at radius 3 is 2.52 bits per heavy atom. The lowest BCUT2D eigenvalue weighted by molar-refractivity contribution is -0.130. The molecule has 0 atom stereocenters. The molecule has 0 fully saturated rings. The van der Waals surface area contributed by atoms with E-state index in [0.717, 1.165) is 11.3 Å². The molecule has 0 aromatic heterocycles. The third-order valence-corrected chi connectivity index (χ3v) is 3.20. The first-order valence-electron chi connectivity index (χ1n) is 7.49. The van der Waals surface area contributed by atoms with E-state index in [1.807, 2.05) is 24.3 Å². The number of aliphatic carboxylic acids is 1. The maximum atomic E-state index is 11.6. The molecule has 0 spiro atoms. The van der Waals surface area contributed by atoms with E-state index in [1.54, 1.807) is 30.3 Å². The predicted octanol–water partition coefficient (Wildman–Crippen LogP) is 3.93. The Hall–Kier alpha value is -2.75. The van der Waals surface area contributed by atoms with Gasteiger partial charge in [-0.1, -0.05) is 38.1 Å². The minimum absolute atomic E-state index is 0.214. The van der Waals surface area contributed by atoms with Crippen molar-refractivity contribution in [1.29, 1.82) is 0 Å². The molecule has 2 aromatic rings. The monoisotopic (exact) mass is 311 g/mol. The molecule has 3 N–H and O–H groups in total. The summed E-state index contributed by atoms with van der Waals surface area (Å²) in [4.78, 5) is 11.6. The summed E-state index contributed by atoms with van der Waals surface area (Å²) >= 11 is 0. The van der Waals surface area contributed by atoms with E-state index in [2.05, 4.69) is 13.8 Å². The number of benzene rings is 2. The molecular weight excluding hydrogens is 290 g/mol. The van der Waals surface area contributed by atoms with Crippen LogP contribution in [0.2, 0.25) is 0 Å². The standard InChI is InChI=1S/C19H21NO3/c1-13(2)12-23-17-5-3-4-14(10-17)11-18(19(21)22)15-6-8-16(20)9-7-15/h3-11,13H,12,20H2,1-2H3,(H,21,22)/b18-11-. The van der Waals surface area contributed by atoms with E-state index >= 15 is 0 Å². The highest BCUT2D eigenvalue weighted by Gasteiger charge is 2.10. The molecular formula is C19H21NO3. The number of anilines is 1. The Morgan fingerprint density at radius 1 is 1.22 bits per heavy atom. The van der Waals surface area contributed by atoms with Gasteiger partial charge in [0.25, 0.3) is 0 Å². The van der Waals surface area contributed by atoms with Crippen molar-refractivity contribution in [3.05, 3.63) is 59.7 Å². The van der Waals surface area contributed by atoms with Gasteiger partial charge in [-0.25, -0.2) is 4.79 Å². The highest BCUT2D eigenvalue weighted by Crippen LogP contribution is 2.22. The Kier molecular flexibility index (Phi) is 5.41. The number of carboxylic acid groups (broad SMARTS) is 1. The van der Waals surface area contributed by atoms with Gasteiger partial charge in [-0.15, -0.1) is 0 Å². The van der Waals surface area contributed by atoms with Crippen LogP contribution in [-0.2, 0) is 4.79 Å². The van der Waals surface area contributed by atoms with E-state index in [1.165, 1.54) is 0 Å². The fourth-order valence-corrected chi connectivity index (χ4v) is 2.05. The molecule has 0 bridgehead atoms. The zero-order valence-electron chi connectivity index (χ0n) is 13.3. The summed E-state index contributed by atoms with van der Waals surface area (Å²) < 4.78 is 5.68. The lowest BCUT2D eigenvalue weighted by Crippen LogP contribution is -2.04. The minimum Gasteiger partial charge on any atom is -0.493 e. The summed E-state index contributed by atoms with van der Waals surface area (Å²) in [5.74, 6) is 0.177. The molecule has 120 valence electrons. The molecule has 4 nitrogen and oxygen atoms in total. The summed E-state index contributed by atoms with van der Waals surface area (Å²) in [6.07, 6.45) is 1.64. The van der Waals surface area contributed by atoms with Crippen LogP contribution < -0.4 is 10.5 Å². The molecule has 2 aromatic carbocycles. The third kappa shape index (κ3) is 4.88. The number of rotatable bonds is 6. The quantitative estimate of drug-likeness (QED) is 0.481. The highest BCUT2D eigenvalue weighted by atomic mass is 16.5. The van der Waals surface area contributed by atoms with Gasteiger partial charge in [0.05, 0.1) is 12.2 Å². The number of carbonyl (C=O) groups is 1. The van der Waals surface area contributed by atoms with E-state index in [4.69, 9.17) is 10.5 Å². The van der Waals surface area contributed by atoms with E-state index in [0.29, 0.717) is 23.8 Å². The SMILES string of the molecule is CC(C)COc1cccc(/C=C(\C(=O)O)c2ccc(N)cc2)c1. The fourth-order valence-electron chi connectivity index (χ4n) is 2.05. The summed E-state index contributed by atoms with van der Waals surface area (Å²) in [6, 6.07) is 14.2. The topological polar surface area (TPSA) is 72.5 Å². The van der Waals surface area contributed by atoms with Crippen molar-refractivity contribution in [3.8, 4) is 5.75 Å². The summed E-state index contributed by atoms with van der Waals surface area (Å²) in [6.45, 7) is 4.78. The van der Waals surface area contributed by atoms with Crippen molar-refractivity contribution in [2.45, 2.75) is 13.8 Å². The van der Waals surface area contributed by atoms with E-state index in [-0.39, 0.29) is 5.57 Å². The molecule has 0 heterocycles. The van der Waals surface area contributed by atoms with Crippen LogP contribution in [0.3, 0.4) is 0 Å². The molecule has 0 unspecified atom stereocenters. The second-order valence-electron chi connectivity index (χ2n) is 5.76. The lowest BCUT2D eigenvalue weighted by Gasteiger charge is -2.09. The van der Waals surface area contributed by atoms with Gasteiger partial charge in [0.15, 0.2) is 0 Å². The highest BCUT2D eigenvalue weighted by molar-refractivity contribution is 6.20. The molecule has 0 amide bonds. The van der Waals surface area contributed by atoms with E-state index in [9.17, 15) is 9.90 Å². The Labute approximate surface area is 136 Å². The Bertz CT molecular complexity index is 703. The molecule has 0 saturated carbocycles. The first-order chi connectivity index (χ1) is 11.0. The molecule has 0 aliphatic rings. The number of carboxylic acids is 1. The summed E-state index contributed by atoms with van der Waals surface area (Å²) in [7, 11) is 0. The van der Waals surface area contributed by atoms with Gasteiger partial charge >= 0.3 is 5.97 Å². The van der Waals surface area contributed by atoms with E-state index < -0.39 is 5.97 Å². The number of nitrogens with two attached hydrogens (primary N) is 1. The third-order valence-electron chi connectivity index (χ3n) is 3.20. The average molecular weight is 311 g/mol. The van der Waals surface area contributed by atoms with Crippen molar-refractivity contribution >= 4 is 23.3 Å². The van der Waals surface area contributed by atoms with Crippen LogP contribution in [0.5, 0.6) is 5.75 Å². The van der Waals surface area contributed by atoms with Crippen LogP contribution in [0, 0.1) is 5.92 Å². The normalized spacial score (nSPS) is 11.5. The van der Waals surface area contributed by atoms with Gasteiger partial charge in [0, 0.05) is 5.69 Å². The minimum atomic E-state index is -0.983. The van der Waals surface area contributed by atoms with Gasteiger partial charge in [0.2, 0.25) is 0 Å². The van der Waals surface area contributed by atoms with Crippen LogP contribution in [-0.4, -0.2) is 17.7 Å². The maximum absolute atomic E-state index is 11.6. The molecule has 0 aliphatic heterocycles. The zero-order chi connectivity index (χ0) is 16.8. The Morgan fingerprint density at radius 2 is 1.91 bits per heavy atom. The van der Waals surface area contributed by atoms with Crippen molar-refractivity contribution in [3.63, 3.8) is 0 Å². The van der Waals surface area contributed by atoms with Crippen LogP contribution in [0.15, 0.2) is 48.5 Å². The molecule has 2 rings (SSSR count). The maximum Gasteiger partial charge on any atom is 0.336 e. The van der Waals surface area contributed by atoms with Crippen LogP contribution in [0.1, 0.15) is 25.0 Å². The summed E-state index contributed by atoms with van der Waals surface area (Å²) in [5.41, 5.74) is 7.85. The second kappa shape index (κ2) is 7.49. The Balaban J connectivity index is 2.30. The van der Waals surface area contributed by atoms with Crippen LogP contribution in [0.4, 0.5) is 5.69 Å². The van der Waals surface area contributed by atoms with Crippen molar-refractivity contribution in [2.24, 2.45) is 5.92 Å². The average Bonchev–Trinajstić information content (AvgIpc) is 2.52. The van der Waals surface area contributed by atoms with Gasteiger partial charge in [-0.05, 0) is 47.4 Å². The number of hydrogen-bond donors (Lipinski definition) is 2. The molecule has 0 saturated heterocycles. The van der Waals surface area contributed by atoms with Gasteiger partial charge in [-0.3, -0.25) is 0 Å². The molecule has 4 heteroatoms.